The predicted octanol–water partition coefficient (Wildman–Crippen LogP) is 1.65. The third-order valence-corrected chi connectivity index (χ3v) is 3.45. The van der Waals surface area contributed by atoms with Gasteiger partial charge >= 0.3 is 0 Å². The van der Waals surface area contributed by atoms with Crippen LogP contribution in [0.4, 0.5) is 0 Å². The van der Waals surface area contributed by atoms with Crippen molar-refractivity contribution in [2.75, 3.05) is 13.1 Å². The third-order valence-electron chi connectivity index (χ3n) is 1.91. The van der Waals surface area contributed by atoms with Gasteiger partial charge in [0.1, 0.15) is 0 Å². The molecule has 1 rings (SSSR count). The number of nitrogens with two attached hydrogens (primary N) is 1. The molecule has 0 fully saturated rings. The molecule has 0 heterocycles. The molecule has 0 aliphatic rings. The van der Waals surface area contributed by atoms with E-state index in [4.69, 9.17) is 5.73 Å². The molecule has 0 unspecified atom stereocenters. The van der Waals surface area contributed by atoms with Crippen LogP contribution in [0.3, 0.4) is 0 Å². The summed E-state index contributed by atoms with van der Waals surface area (Å²) in [5.41, 5.74) is 8.09. The second kappa shape index (κ2) is 5.57. The predicted molar refractivity (Wildman–Crippen MR) is 64.7 cm³/mol. The highest BCUT2D eigenvalue weighted by Crippen LogP contribution is 2.15. The molecule has 0 amide bonds. The van der Waals surface area contributed by atoms with Crippen LogP contribution >= 0.6 is 22.6 Å². The summed E-state index contributed by atoms with van der Waals surface area (Å²) in [6.07, 6.45) is 0. The zero-order valence-corrected chi connectivity index (χ0v) is 9.97. The van der Waals surface area contributed by atoms with Crippen LogP contribution in [0.1, 0.15) is 11.1 Å². The van der Waals surface area contributed by atoms with Gasteiger partial charge in [-0.15, -0.1) is 0 Å². The van der Waals surface area contributed by atoms with Gasteiger partial charge in [-0.2, -0.15) is 0 Å². The molecule has 2 nitrogen and oxygen atoms in total. The number of hydrogen-bond acceptors (Lipinski definition) is 2. The monoisotopic (exact) mass is 290 g/mol. The summed E-state index contributed by atoms with van der Waals surface area (Å²) >= 11 is 2.39. The maximum atomic E-state index is 5.40. The first kappa shape index (κ1) is 10.9. The summed E-state index contributed by atoms with van der Waals surface area (Å²) in [6, 6.07) is 6.38. The molecule has 3 heteroatoms. The maximum absolute atomic E-state index is 5.40. The van der Waals surface area contributed by atoms with Gasteiger partial charge in [-0.25, -0.2) is 0 Å². The molecule has 1 aromatic rings. The number of aryl methyl sites for hydroxylation is 1. The van der Waals surface area contributed by atoms with Crippen molar-refractivity contribution in [1.82, 2.24) is 5.32 Å². The summed E-state index contributed by atoms with van der Waals surface area (Å²) in [7, 11) is 0. The van der Waals surface area contributed by atoms with E-state index in [-0.39, 0.29) is 0 Å². The van der Waals surface area contributed by atoms with E-state index >= 15 is 0 Å². The van der Waals surface area contributed by atoms with Crippen LogP contribution < -0.4 is 11.1 Å². The van der Waals surface area contributed by atoms with Gasteiger partial charge in [-0.3, -0.25) is 0 Å². The summed E-state index contributed by atoms with van der Waals surface area (Å²) in [4.78, 5) is 0. The lowest BCUT2D eigenvalue weighted by Gasteiger charge is -2.07. The van der Waals surface area contributed by atoms with Gasteiger partial charge in [0.15, 0.2) is 0 Å². The Kier molecular flexibility index (Phi) is 4.69. The van der Waals surface area contributed by atoms with E-state index in [0.717, 1.165) is 13.1 Å². The molecule has 0 saturated heterocycles. The minimum absolute atomic E-state index is 0.697. The second-order valence-corrected chi connectivity index (χ2v) is 4.09. The smallest absolute Gasteiger partial charge is 0.0216 e. The molecule has 0 saturated carbocycles. The van der Waals surface area contributed by atoms with E-state index in [1.54, 1.807) is 0 Å². The molecule has 0 atom stereocenters. The molecule has 0 aliphatic carbocycles. The van der Waals surface area contributed by atoms with Crippen LogP contribution in [0, 0.1) is 10.5 Å². The van der Waals surface area contributed by atoms with Gasteiger partial charge in [0.05, 0.1) is 0 Å². The fourth-order valence-corrected chi connectivity index (χ4v) is 1.72. The Balaban J connectivity index is 2.61. The van der Waals surface area contributed by atoms with Crippen molar-refractivity contribution < 1.29 is 0 Å². The van der Waals surface area contributed by atoms with Gasteiger partial charge in [-0.05, 0) is 40.6 Å². The van der Waals surface area contributed by atoms with Gasteiger partial charge < -0.3 is 11.1 Å². The minimum atomic E-state index is 0.697. The summed E-state index contributed by atoms with van der Waals surface area (Å²) in [5, 5.41) is 3.29. The van der Waals surface area contributed by atoms with E-state index in [2.05, 4.69) is 53.0 Å². The first-order valence-electron chi connectivity index (χ1n) is 4.40. The van der Waals surface area contributed by atoms with Crippen molar-refractivity contribution >= 4 is 22.6 Å². The highest BCUT2D eigenvalue weighted by Gasteiger charge is 2.00. The van der Waals surface area contributed by atoms with Crippen LogP contribution in [-0.4, -0.2) is 13.1 Å². The zero-order chi connectivity index (χ0) is 9.68. The topological polar surface area (TPSA) is 38.0 Å². The highest BCUT2D eigenvalue weighted by molar-refractivity contribution is 14.1. The molecule has 0 bridgehead atoms. The third kappa shape index (κ3) is 3.25. The fraction of sp³-hybridized carbons (Fsp3) is 0.400. The zero-order valence-electron chi connectivity index (χ0n) is 7.81. The number of benzene rings is 1. The average molecular weight is 290 g/mol. The molecule has 0 aliphatic heterocycles. The quantitative estimate of drug-likeness (QED) is 0.653. The van der Waals surface area contributed by atoms with Crippen LogP contribution in [-0.2, 0) is 6.54 Å². The summed E-state index contributed by atoms with van der Waals surface area (Å²) in [6.45, 7) is 4.62. The standard InChI is InChI=1S/C10H15IN2/c1-8-3-2-4-9(10(8)11)7-13-6-5-12/h2-4,13H,5-7,12H2,1H3. The minimum Gasteiger partial charge on any atom is -0.329 e. The molecule has 1 aromatic carbocycles. The molecule has 13 heavy (non-hydrogen) atoms. The van der Waals surface area contributed by atoms with Crippen molar-refractivity contribution in [3.05, 3.63) is 32.9 Å². The second-order valence-electron chi connectivity index (χ2n) is 3.01. The van der Waals surface area contributed by atoms with Crippen LogP contribution in [0.15, 0.2) is 18.2 Å². The Morgan fingerprint density at radius 2 is 2.23 bits per heavy atom. The van der Waals surface area contributed by atoms with Crippen molar-refractivity contribution in [1.29, 1.82) is 0 Å². The molecule has 3 N–H and O–H groups in total. The maximum Gasteiger partial charge on any atom is 0.0216 e. The largest absolute Gasteiger partial charge is 0.329 e. The molecule has 0 radical (unpaired) electrons. The van der Waals surface area contributed by atoms with Crippen LogP contribution in [0.2, 0.25) is 0 Å². The summed E-state index contributed by atoms with van der Waals surface area (Å²) in [5.74, 6) is 0. The Morgan fingerprint density at radius 1 is 1.46 bits per heavy atom. The Bertz CT molecular complexity index is 274. The number of hydrogen-bond donors (Lipinski definition) is 2. The number of halogens is 1. The van der Waals surface area contributed by atoms with Gasteiger partial charge in [-0.1, -0.05) is 18.2 Å². The van der Waals surface area contributed by atoms with Crippen molar-refractivity contribution in [2.45, 2.75) is 13.5 Å². The highest BCUT2D eigenvalue weighted by atomic mass is 127. The lowest BCUT2D eigenvalue weighted by atomic mass is 10.1. The lowest BCUT2D eigenvalue weighted by molar-refractivity contribution is 0.692. The molecule has 0 aromatic heterocycles. The van der Waals surface area contributed by atoms with Gasteiger partial charge in [0.2, 0.25) is 0 Å². The fourth-order valence-electron chi connectivity index (χ4n) is 1.17. The van der Waals surface area contributed by atoms with E-state index < -0.39 is 0 Å². The van der Waals surface area contributed by atoms with E-state index in [0.29, 0.717) is 6.54 Å². The van der Waals surface area contributed by atoms with Crippen molar-refractivity contribution in [3.63, 3.8) is 0 Å². The SMILES string of the molecule is Cc1cccc(CNCCN)c1I. The van der Waals surface area contributed by atoms with E-state index in [1.807, 2.05) is 0 Å². The van der Waals surface area contributed by atoms with Crippen molar-refractivity contribution in [2.24, 2.45) is 5.73 Å². The average Bonchev–Trinajstić information content (AvgIpc) is 2.13. The van der Waals surface area contributed by atoms with E-state index in [9.17, 15) is 0 Å². The molecular weight excluding hydrogens is 275 g/mol. The first-order valence-corrected chi connectivity index (χ1v) is 5.48. The van der Waals surface area contributed by atoms with E-state index in [1.165, 1.54) is 14.7 Å². The van der Waals surface area contributed by atoms with Crippen LogP contribution in [0.5, 0.6) is 0 Å². The lowest BCUT2D eigenvalue weighted by Crippen LogP contribution is -2.22. The number of rotatable bonds is 4. The number of nitrogens with one attached hydrogen (secondary N) is 1. The summed E-state index contributed by atoms with van der Waals surface area (Å²) < 4.78 is 1.35. The van der Waals surface area contributed by atoms with Crippen molar-refractivity contribution in [3.8, 4) is 0 Å². The van der Waals surface area contributed by atoms with Gasteiger partial charge in [0, 0.05) is 23.2 Å². The Labute approximate surface area is 93.0 Å². The Hall–Kier alpha value is -0.130. The first-order chi connectivity index (χ1) is 6.25. The normalized spacial score (nSPS) is 10.4. The van der Waals surface area contributed by atoms with Gasteiger partial charge in [0.25, 0.3) is 0 Å². The van der Waals surface area contributed by atoms with Crippen LogP contribution in [0.25, 0.3) is 0 Å². The molecule has 0 spiro atoms. The Morgan fingerprint density at radius 3 is 2.92 bits per heavy atom. The molecule has 72 valence electrons. The molecular formula is C10H15IN2.